The Kier molecular flexibility index (Phi) is 3.95. The smallest absolute Gasteiger partial charge is 0.257 e. The van der Waals surface area contributed by atoms with Crippen molar-refractivity contribution in [3.05, 3.63) is 64.7 Å². The van der Waals surface area contributed by atoms with Gasteiger partial charge in [0.05, 0.1) is 0 Å². The topological polar surface area (TPSA) is 72.2 Å². The Morgan fingerprint density at radius 2 is 1.80 bits per heavy atom. The van der Waals surface area contributed by atoms with Gasteiger partial charge in [0, 0.05) is 16.1 Å². The molecule has 0 spiro atoms. The number of aromatic nitrogens is 4. The largest absolute Gasteiger partial charge is 0.296 e. The highest BCUT2D eigenvalue weighted by Gasteiger charge is 2.15. The zero-order valence-electron chi connectivity index (χ0n) is 13.1. The third-order valence-electron chi connectivity index (χ3n) is 3.63. The van der Waals surface area contributed by atoms with E-state index in [0.29, 0.717) is 26.5 Å². The zero-order valence-corrected chi connectivity index (χ0v) is 14.7. The monoisotopic (exact) mass is 369 g/mol. The van der Waals surface area contributed by atoms with Crippen LogP contribution in [0.5, 0.6) is 0 Å². The van der Waals surface area contributed by atoms with Gasteiger partial charge in [-0.1, -0.05) is 40.6 Å². The van der Waals surface area contributed by atoms with Gasteiger partial charge in [0.25, 0.3) is 5.91 Å². The molecule has 1 amide bonds. The molecular formula is C17H12ClN5OS. The quantitative estimate of drug-likeness (QED) is 0.591. The summed E-state index contributed by atoms with van der Waals surface area (Å²) in [6.45, 7) is 1.98. The lowest BCUT2D eigenvalue weighted by Crippen LogP contribution is -2.11. The SMILES string of the molecule is Cc1ccc(C(=O)Nc2nn3c(-c4ccc(Cl)cc4)nnc3s2)cc1. The van der Waals surface area contributed by atoms with Crippen LogP contribution in [-0.2, 0) is 0 Å². The third-order valence-corrected chi connectivity index (χ3v) is 4.69. The molecule has 0 unspecified atom stereocenters. The normalized spacial score (nSPS) is 11.0. The third kappa shape index (κ3) is 3.11. The maximum absolute atomic E-state index is 12.3. The second-order valence-electron chi connectivity index (χ2n) is 5.45. The average molecular weight is 370 g/mol. The molecule has 2 aromatic heterocycles. The number of anilines is 1. The Morgan fingerprint density at radius 1 is 1.08 bits per heavy atom. The van der Waals surface area contributed by atoms with Crippen molar-refractivity contribution in [3.63, 3.8) is 0 Å². The molecule has 4 aromatic rings. The van der Waals surface area contributed by atoms with Crippen molar-refractivity contribution in [2.45, 2.75) is 6.92 Å². The van der Waals surface area contributed by atoms with Gasteiger partial charge in [-0.05, 0) is 43.3 Å². The molecular weight excluding hydrogens is 358 g/mol. The van der Waals surface area contributed by atoms with Gasteiger partial charge in [-0.25, -0.2) is 0 Å². The van der Waals surface area contributed by atoms with E-state index < -0.39 is 0 Å². The lowest BCUT2D eigenvalue weighted by molar-refractivity contribution is 0.102. The molecule has 0 aliphatic carbocycles. The molecule has 124 valence electrons. The summed E-state index contributed by atoms with van der Waals surface area (Å²) in [5.74, 6) is 0.386. The molecule has 1 N–H and O–H groups in total. The second kappa shape index (κ2) is 6.27. The molecule has 0 radical (unpaired) electrons. The zero-order chi connectivity index (χ0) is 17.4. The second-order valence-corrected chi connectivity index (χ2v) is 6.84. The van der Waals surface area contributed by atoms with Crippen molar-refractivity contribution >= 4 is 38.9 Å². The first-order chi connectivity index (χ1) is 12.1. The van der Waals surface area contributed by atoms with Gasteiger partial charge in [0.2, 0.25) is 10.1 Å². The van der Waals surface area contributed by atoms with Crippen molar-refractivity contribution in [2.24, 2.45) is 0 Å². The summed E-state index contributed by atoms with van der Waals surface area (Å²) in [6.07, 6.45) is 0. The summed E-state index contributed by atoms with van der Waals surface area (Å²) < 4.78 is 1.61. The van der Waals surface area contributed by atoms with E-state index in [2.05, 4.69) is 20.6 Å². The lowest BCUT2D eigenvalue weighted by atomic mass is 10.1. The minimum atomic E-state index is -0.210. The van der Waals surface area contributed by atoms with E-state index >= 15 is 0 Å². The van der Waals surface area contributed by atoms with Gasteiger partial charge in [-0.3, -0.25) is 10.1 Å². The van der Waals surface area contributed by atoms with E-state index in [-0.39, 0.29) is 5.91 Å². The highest BCUT2D eigenvalue weighted by molar-refractivity contribution is 7.20. The van der Waals surface area contributed by atoms with Crippen LogP contribution in [0.2, 0.25) is 5.02 Å². The van der Waals surface area contributed by atoms with Gasteiger partial charge in [-0.15, -0.1) is 15.3 Å². The van der Waals surface area contributed by atoms with Crippen molar-refractivity contribution in [1.29, 1.82) is 0 Å². The molecule has 0 fully saturated rings. The number of nitrogens with one attached hydrogen (secondary N) is 1. The van der Waals surface area contributed by atoms with E-state index in [4.69, 9.17) is 11.6 Å². The number of nitrogens with zero attached hydrogens (tertiary/aromatic N) is 4. The van der Waals surface area contributed by atoms with Crippen molar-refractivity contribution in [1.82, 2.24) is 19.8 Å². The summed E-state index contributed by atoms with van der Waals surface area (Å²) in [6, 6.07) is 14.6. The number of aryl methyl sites for hydroxylation is 1. The van der Waals surface area contributed by atoms with E-state index in [9.17, 15) is 4.79 Å². The minimum Gasteiger partial charge on any atom is -0.296 e. The fraction of sp³-hybridized carbons (Fsp3) is 0.0588. The first-order valence-electron chi connectivity index (χ1n) is 7.46. The van der Waals surface area contributed by atoms with Crippen LogP contribution in [-0.4, -0.2) is 25.7 Å². The molecule has 4 rings (SSSR count). The molecule has 0 saturated heterocycles. The van der Waals surface area contributed by atoms with Crippen LogP contribution in [0.4, 0.5) is 5.13 Å². The number of halogens is 1. The predicted molar refractivity (Wildman–Crippen MR) is 98.2 cm³/mol. The number of hydrogen-bond acceptors (Lipinski definition) is 5. The molecule has 0 bridgehead atoms. The van der Waals surface area contributed by atoms with E-state index in [1.807, 2.05) is 31.2 Å². The number of fused-ring (bicyclic) bond motifs is 1. The van der Waals surface area contributed by atoms with E-state index in [1.54, 1.807) is 28.8 Å². The highest BCUT2D eigenvalue weighted by Crippen LogP contribution is 2.25. The van der Waals surface area contributed by atoms with Crippen LogP contribution < -0.4 is 5.32 Å². The first kappa shape index (κ1) is 15.7. The molecule has 0 saturated carbocycles. The van der Waals surface area contributed by atoms with Gasteiger partial charge >= 0.3 is 0 Å². The molecule has 8 heteroatoms. The van der Waals surface area contributed by atoms with Crippen LogP contribution in [0.1, 0.15) is 15.9 Å². The Morgan fingerprint density at radius 3 is 2.52 bits per heavy atom. The number of hydrogen-bond donors (Lipinski definition) is 1. The number of amides is 1. The Hall–Kier alpha value is -2.77. The van der Waals surface area contributed by atoms with Crippen LogP contribution in [0, 0.1) is 6.92 Å². The van der Waals surface area contributed by atoms with Gasteiger partial charge < -0.3 is 0 Å². The maximum atomic E-state index is 12.3. The Balaban J connectivity index is 1.62. The van der Waals surface area contributed by atoms with Gasteiger partial charge in [-0.2, -0.15) is 4.52 Å². The number of carbonyl (C=O) groups is 1. The summed E-state index contributed by atoms with van der Waals surface area (Å²) >= 11 is 7.18. The summed E-state index contributed by atoms with van der Waals surface area (Å²) in [5.41, 5.74) is 2.52. The standard InChI is InChI=1S/C17H12ClN5OS/c1-10-2-4-12(5-3-10)15(24)19-16-22-23-14(20-21-17(23)25-16)11-6-8-13(18)9-7-11/h2-9H,1H3,(H,19,22,24). The van der Waals surface area contributed by atoms with Gasteiger partial charge in [0.15, 0.2) is 5.82 Å². The number of carbonyl (C=O) groups excluding carboxylic acids is 1. The molecule has 0 atom stereocenters. The molecule has 2 heterocycles. The number of rotatable bonds is 3. The maximum Gasteiger partial charge on any atom is 0.257 e. The summed E-state index contributed by atoms with van der Waals surface area (Å²) in [4.78, 5) is 12.9. The average Bonchev–Trinajstić information content (AvgIpc) is 3.16. The van der Waals surface area contributed by atoms with E-state index in [1.165, 1.54) is 11.3 Å². The Bertz CT molecular complexity index is 1050. The first-order valence-corrected chi connectivity index (χ1v) is 8.66. The van der Waals surface area contributed by atoms with Crippen LogP contribution >= 0.6 is 22.9 Å². The predicted octanol–water partition coefficient (Wildman–Crippen LogP) is 4.07. The highest BCUT2D eigenvalue weighted by atomic mass is 35.5. The van der Waals surface area contributed by atoms with Crippen molar-refractivity contribution < 1.29 is 4.79 Å². The summed E-state index contributed by atoms with van der Waals surface area (Å²) in [7, 11) is 0. The van der Waals surface area contributed by atoms with Crippen LogP contribution in [0.25, 0.3) is 16.3 Å². The molecule has 2 aromatic carbocycles. The molecule has 0 aliphatic heterocycles. The fourth-order valence-corrected chi connectivity index (χ4v) is 3.18. The van der Waals surface area contributed by atoms with Crippen molar-refractivity contribution in [3.8, 4) is 11.4 Å². The fourth-order valence-electron chi connectivity index (χ4n) is 2.32. The lowest BCUT2D eigenvalue weighted by Gasteiger charge is -2.01. The molecule has 0 aliphatic rings. The minimum absolute atomic E-state index is 0.210. The van der Waals surface area contributed by atoms with Crippen molar-refractivity contribution in [2.75, 3.05) is 5.32 Å². The Labute approximate surface area is 152 Å². The van der Waals surface area contributed by atoms with Gasteiger partial charge in [0.1, 0.15) is 0 Å². The molecule has 25 heavy (non-hydrogen) atoms. The van der Waals surface area contributed by atoms with Crippen LogP contribution in [0.15, 0.2) is 48.5 Å². The summed E-state index contributed by atoms with van der Waals surface area (Å²) in [5, 5.41) is 16.6. The van der Waals surface area contributed by atoms with Crippen LogP contribution in [0.3, 0.4) is 0 Å². The number of benzene rings is 2. The van der Waals surface area contributed by atoms with E-state index in [0.717, 1.165) is 11.1 Å². The molecule has 6 nitrogen and oxygen atoms in total.